The normalized spacial score (nSPS) is 30.7. The van der Waals surface area contributed by atoms with Gasteiger partial charge in [-0.1, -0.05) is 18.5 Å². The second-order valence-corrected chi connectivity index (χ2v) is 7.15. The molecule has 102 valence electrons. The summed E-state index contributed by atoms with van der Waals surface area (Å²) in [4.78, 5) is 3.46. The zero-order chi connectivity index (χ0) is 13.3. The molecular weight excluding hydrogens is 264 g/mol. The summed E-state index contributed by atoms with van der Waals surface area (Å²) in [6.07, 6.45) is 4.84. The molecule has 1 heterocycles. The Kier molecular flexibility index (Phi) is 4.37. The lowest BCUT2D eigenvalue weighted by Crippen LogP contribution is -2.54. The average Bonchev–Trinajstić information content (AvgIpc) is 2.75. The Hall–Kier alpha value is -0.0900. The quantitative estimate of drug-likeness (QED) is 0.913. The van der Waals surface area contributed by atoms with Crippen LogP contribution in [0.1, 0.15) is 43.5 Å². The molecular formula is C14H23ClN2S. The molecule has 1 fully saturated rings. The molecule has 1 saturated carbocycles. The highest BCUT2D eigenvalue weighted by molar-refractivity contribution is 7.10. The average molecular weight is 287 g/mol. The number of halogens is 1. The summed E-state index contributed by atoms with van der Waals surface area (Å²) in [7, 11) is 4.30. The van der Waals surface area contributed by atoms with Crippen molar-refractivity contribution in [2.24, 2.45) is 11.7 Å². The number of nitrogens with two attached hydrogens (primary N) is 1. The standard InChI is InChI=1S/C14H23ClN2S/c1-10-4-7-14(8-5-10,17(2)3)13(16)12-11(15)6-9-18-12/h6,9-10,13H,4-5,7-8,16H2,1-3H3. The number of hydrogen-bond acceptors (Lipinski definition) is 3. The van der Waals surface area contributed by atoms with Gasteiger partial charge in [-0.2, -0.15) is 0 Å². The molecule has 0 radical (unpaired) electrons. The van der Waals surface area contributed by atoms with Crippen molar-refractivity contribution in [3.8, 4) is 0 Å². The monoisotopic (exact) mass is 286 g/mol. The summed E-state index contributed by atoms with van der Waals surface area (Å²) in [6.45, 7) is 2.34. The molecule has 2 nitrogen and oxygen atoms in total. The van der Waals surface area contributed by atoms with Gasteiger partial charge in [-0.15, -0.1) is 11.3 Å². The zero-order valence-corrected chi connectivity index (χ0v) is 13.0. The molecule has 0 bridgehead atoms. The van der Waals surface area contributed by atoms with Crippen LogP contribution in [0.2, 0.25) is 5.02 Å². The molecule has 18 heavy (non-hydrogen) atoms. The van der Waals surface area contributed by atoms with E-state index in [9.17, 15) is 0 Å². The molecule has 4 heteroatoms. The van der Waals surface area contributed by atoms with Crippen molar-refractivity contribution in [2.75, 3.05) is 14.1 Å². The van der Waals surface area contributed by atoms with Gasteiger partial charge in [0, 0.05) is 10.4 Å². The highest BCUT2D eigenvalue weighted by atomic mass is 35.5. The third-order valence-corrected chi connectivity index (χ3v) is 5.98. The van der Waals surface area contributed by atoms with E-state index in [-0.39, 0.29) is 11.6 Å². The van der Waals surface area contributed by atoms with Gasteiger partial charge in [-0.05, 0) is 57.1 Å². The third kappa shape index (κ3) is 2.46. The molecule has 0 saturated heterocycles. The van der Waals surface area contributed by atoms with E-state index in [1.54, 1.807) is 11.3 Å². The van der Waals surface area contributed by atoms with Gasteiger partial charge in [0.15, 0.2) is 0 Å². The lowest BCUT2D eigenvalue weighted by atomic mass is 9.72. The van der Waals surface area contributed by atoms with E-state index in [0.717, 1.165) is 28.7 Å². The minimum atomic E-state index is 0.0208. The van der Waals surface area contributed by atoms with Gasteiger partial charge in [0.05, 0.1) is 11.1 Å². The Morgan fingerprint density at radius 1 is 1.44 bits per heavy atom. The minimum Gasteiger partial charge on any atom is -0.322 e. The molecule has 1 aliphatic rings. The van der Waals surface area contributed by atoms with Crippen molar-refractivity contribution >= 4 is 22.9 Å². The van der Waals surface area contributed by atoms with E-state index in [1.807, 2.05) is 11.4 Å². The Balaban J connectivity index is 2.28. The molecule has 2 rings (SSSR count). The highest BCUT2D eigenvalue weighted by Crippen LogP contribution is 2.45. The molecule has 1 unspecified atom stereocenters. The van der Waals surface area contributed by atoms with Crippen LogP contribution < -0.4 is 5.73 Å². The van der Waals surface area contributed by atoms with Gasteiger partial charge >= 0.3 is 0 Å². The lowest BCUT2D eigenvalue weighted by molar-refractivity contribution is 0.0575. The van der Waals surface area contributed by atoms with E-state index < -0.39 is 0 Å². The Labute approximate surface area is 119 Å². The lowest BCUT2D eigenvalue weighted by Gasteiger charge is -2.48. The zero-order valence-electron chi connectivity index (χ0n) is 11.4. The fourth-order valence-corrected chi connectivity index (χ4v) is 4.36. The Morgan fingerprint density at radius 3 is 2.50 bits per heavy atom. The first-order chi connectivity index (χ1) is 8.47. The van der Waals surface area contributed by atoms with Gasteiger partial charge in [0.25, 0.3) is 0 Å². The maximum Gasteiger partial charge on any atom is 0.0591 e. The first kappa shape index (κ1) is 14.3. The Morgan fingerprint density at radius 2 is 2.06 bits per heavy atom. The number of rotatable bonds is 3. The van der Waals surface area contributed by atoms with Crippen molar-refractivity contribution in [2.45, 2.75) is 44.2 Å². The number of hydrogen-bond donors (Lipinski definition) is 1. The van der Waals surface area contributed by atoms with Crippen LogP contribution in [0.25, 0.3) is 0 Å². The predicted octanol–water partition coefficient (Wildman–Crippen LogP) is 3.91. The SMILES string of the molecule is CC1CCC(C(N)c2sccc2Cl)(N(C)C)CC1. The number of nitrogens with zero attached hydrogens (tertiary/aromatic N) is 1. The maximum absolute atomic E-state index is 6.58. The van der Waals surface area contributed by atoms with Crippen molar-refractivity contribution in [3.05, 3.63) is 21.3 Å². The fraction of sp³-hybridized carbons (Fsp3) is 0.714. The van der Waals surface area contributed by atoms with Gasteiger partial charge in [-0.25, -0.2) is 0 Å². The first-order valence-corrected chi connectivity index (χ1v) is 7.89. The van der Waals surface area contributed by atoms with Crippen molar-refractivity contribution in [1.82, 2.24) is 4.90 Å². The summed E-state index contributed by atoms with van der Waals surface area (Å²) >= 11 is 7.95. The van der Waals surface area contributed by atoms with Crippen molar-refractivity contribution < 1.29 is 0 Å². The van der Waals surface area contributed by atoms with Crippen LogP contribution in [0.5, 0.6) is 0 Å². The molecule has 0 amide bonds. The topological polar surface area (TPSA) is 29.3 Å². The highest BCUT2D eigenvalue weighted by Gasteiger charge is 2.43. The minimum absolute atomic E-state index is 0.0208. The summed E-state index contributed by atoms with van der Waals surface area (Å²) < 4.78 is 0. The predicted molar refractivity (Wildman–Crippen MR) is 80.3 cm³/mol. The summed E-state index contributed by atoms with van der Waals surface area (Å²) in [5, 5.41) is 2.86. The molecule has 0 spiro atoms. The third-order valence-electron chi connectivity index (χ3n) is 4.54. The molecule has 0 aliphatic heterocycles. The van der Waals surface area contributed by atoms with E-state index >= 15 is 0 Å². The molecule has 2 N–H and O–H groups in total. The molecule has 1 aromatic rings. The van der Waals surface area contributed by atoms with Gasteiger partial charge < -0.3 is 10.6 Å². The molecule has 0 aromatic carbocycles. The molecule has 1 aliphatic carbocycles. The second kappa shape index (κ2) is 5.49. The van der Waals surface area contributed by atoms with Crippen molar-refractivity contribution in [1.29, 1.82) is 0 Å². The molecule has 1 atom stereocenters. The fourth-order valence-electron chi connectivity index (χ4n) is 3.07. The maximum atomic E-state index is 6.58. The summed E-state index contributed by atoms with van der Waals surface area (Å²) in [5.41, 5.74) is 6.65. The summed E-state index contributed by atoms with van der Waals surface area (Å²) in [5.74, 6) is 0.823. The number of likely N-dealkylation sites (N-methyl/N-ethyl adjacent to an activating group) is 1. The van der Waals surface area contributed by atoms with Crippen LogP contribution in [0.4, 0.5) is 0 Å². The largest absolute Gasteiger partial charge is 0.322 e. The van der Waals surface area contributed by atoms with Gasteiger partial charge in [0.2, 0.25) is 0 Å². The van der Waals surface area contributed by atoms with Crippen LogP contribution in [0.15, 0.2) is 11.4 Å². The summed E-state index contributed by atoms with van der Waals surface area (Å²) in [6, 6.07) is 1.98. The Bertz CT molecular complexity index is 394. The van der Waals surface area contributed by atoms with E-state index in [4.69, 9.17) is 17.3 Å². The van der Waals surface area contributed by atoms with E-state index in [0.29, 0.717) is 0 Å². The van der Waals surface area contributed by atoms with Crippen LogP contribution in [-0.2, 0) is 0 Å². The van der Waals surface area contributed by atoms with Crippen LogP contribution in [0.3, 0.4) is 0 Å². The first-order valence-electron chi connectivity index (χ1n) is 6.63. The van der Waals surface area contributed by atoms with Gasteiger partial charge in [-0.3, -0.25) is 0 Å². The van der Waals surface area contributed by atoms with Crippen molar-refractivity contribution in [3.63, 3.8) is 0 Å². The van der Waals surface area contributed by atoms with Crippen LogP contribution >= 0.6 is 22.9 Å². The molecule has 1 aromatic heterocycles. The van der Waals surface area contributed by atoms with Crippen LogP contribution in [0, 0.1) is 5.92 Å². The van der Waals surface area contributed by atoms with Crippen LogP contribution in [-0.4, -0.2) is 24.5 Å². The van der Waals surface area contributed by atoms with E-state index in [1.165, 1.54) is 12.8 Å². The smallest absolute Gasteiger partial charge is 0.0591 e. The van der Waals surface area contributed by atoms with E-state index in [2.05, 4.69) is 25.9 Å². The van der Waals surface area contributed by atoms with Gasteiger partial charge in [0.1, 0.15) is 0 Å². The number of thiophene rings is 1. The second-order valence-electron chi connectivity index (χ2n) is 5.79.